The van der Waals surface area contributed by atoms with Gasteiger partial charge in [-0.25, -0.2) is 0 Å². The zero-order chi connectivity index (χ0) is 16.2. The van der Waals surface area contributed by atoms with Crippen molar-refractivity contribution in [3.05, 3.63) is 41.7 Å². The van der Waals surface area contributed by atoms with E-state index in [9.17, 15) is 4.79 Å². The van der Waals surface area contributed by atoms with Gasteiger partial charge in [-0.2, -0.15) is 15.0 Å². The van der Waals surface area contributed by atoms with E-state index >= 15 is 0 Å². The van der Waals surface area contributed by atoms with Crippen molar-refractivity contribution in [2.24, 2.45) is 0 Å². The molecule has 2 aromatic rings. The first-order chi connectivity index (χ1) is 11.2. The number of hydrogen-bond donors (Lipinski definition) is 1. The molecule has 1 aromatic heterocycles. The molecule has 0 unspecified atom stereocenters. The van der Waals surface area contributed by atoms with Gasteiger partial charge in [0.1, 0.15) is 0 Å². The number of aryl methyl sites for hydroxylation is 1. The highest BCUT2D eigenvalue weighted by Gasteiger charge is 2.27. The molecule has 1 aliphatic heterocycles. The molecule has 1 amide bonds. The molecule has 0 aliphatic carbocycles. The summed E-state index contributed by atoms with van der Waals surface area (Å²) in [5.74, 6) is 2.66. The maximum atomic E-state index is 13.1. The molecule has 0 bridgehead atoms. The van der Waals surface area contributed by atoms with Gasteiger partial charge >= 0.3 is 0 Å². The topological polar surface area (TPSA) is 63.1 Å². The highest BCUT2D eigenvalue weighted by Crippen LogP contribution is 2.19. The zero-order valence-electron chi connectivity index (χ0n) is 13.1. The van der Waals surface area contributed by atoms with Crippen molar-refractivity contribution in [1.82, 2.24) is 25.2 Å². The minimum Gasteiger partial charge on any atom is -0.323 e. The Morgan fingerprint density at radius 1 is 1.35 bits per heavy atom. The van der Waals surface area contributed by atoms with Crippen LogP contribution in [0.25, 0.3) is 5.69 Å². The Morgan fingerprint density at radius 2 is 2.13 bits per heavy atom. The number of nitrogens with one attached hydrogen (secondary N) is 1. The van der Waals surface area contributed by atoms with Crippen molar-refractivity contribution in [3.63, 3.8) is 0 Å². The molecule has 1 aromatic carbocycles. The number of amides is 1. The number of rotatable bonds is 2. The minimum absolute atomic E-state index is 0.0762. The van der Waals surface area contributed by atoms with Gasteiger partial charge in [-0.05, 0) is 32.0 Å². The van der Waals surface area contributed by atoms with Crippen LogP contribution in [-0.2, 0) is 0 Å². The van der Waals surface area contributed by atoms with Crippen LogP contribution < -0.4 is 5.32 Å². The summed E-state index contributed by atoms with van der Waals surface area (Å²) in [6.45, 7) is 4.11. The number of carbonyl (C=O) groups excluding carboxylic acids is 1. The van der Waals surface area contributed by atoms with E-state index in [-0.39, 0.29) is 11.9 Å². The van der Waals surface area contributed by atoms with E-state index < -0.39 is 0 Å². The Bertz CT molecular complexity index is 732. The second-order valence-electron chi connectivity index (χ2n) is 5.56. The Morgan fingerprint density at radius 3 is 2.87 bits per heavy atom. The van der Waals surface area contributed by atoms with Gasteiger partial charge in [-0.15, -0.1) is 6.42 Å². The molecule has 1 atom stereocenters. The molecule has 1 N–H and O–H groups in total. The van der Waals surface area contributed by atoms with E-state index in [1.807, 2.05) is 25.1 Å². The Labute approximate surface area is 135 Å². The van der Waals surface area contributed by atoms with Crippen molar-refractivity contribution in [3.8, 4) is 18.0 Å². The summed E-state index contributed by atoms with van der Waals surface area (Å²) in [5, 5.41) is 11.6. The third-order valence-electron chi connectivity index (χ3n) is 3.97. The number of carbonyl (C=O) groups is 1. The molecule has 1 fully saturated rings. The first kappa shape index (κ1) is 15.3. The normalized spacial score (nSPS) is 18.3. The molecule has 118 valence electrons. The third kappa shape index (κ3) is 3.10. The van der Waals surface area contributed by atoms with Gasteiger partial charge in [-0.3, -0.25) is 4.79 Å². The molecular formula is C17H19N5O. The van der Waals surface area contributed by atoms with Crippen molar-refractivity contribution < 1.29 is 4.79 Å². The van der Waals surface area contributed by atoms with Gasteiger partial charge in [0.25, 0.3) is 5.91 Å². The SMILES string of the molecule is C#C[C@@H]1CCNCCN1C(=O)c1cc(C)ccc1-n1nccn1. The van der Waals surface area contributed by atoms with Crippen molar-refractivity contribution in [2.45, 2.75) is 19.4 Å². The van der Waals surface area contributed by atoms with Crippen LogP contribution in [0, 0.1) is 19.3 Å². The quantitative estimate of drug-likeness (QED) is 0.841. The van der Waals surface area contributed by atoms with Crippen molar-refractivity contribution in [1.29, 1.82) is 0 Å². The van der Waals surface area contributed by atoms with Crippen LogP contribution in [0.5, 0.6) is 0 Å². The molecule has 2 heterocycles. The second kappa shape index (κ2) is 6.63. The Hall–Kier alpha value is -2.65. The largest absolute Gasteiger partial charge is 0.323 e. The molecule has 6 nitrogen and oxygen atoms in total. The van der Waals surface area contributed by atoms with E-state index in [1.54, 1.807) is 17.3 Å². The maximum absolute atomic E-state index is 13.1. The monoisotopic (exact) mass is 309 g/mol. The standard InChI is InChI=1S/C17H19N5O/c1-3-14-6-7-18-10-11-21(14)17(23)15-12-13(2)4-5-16(15)22-19-8-9-20-22/h1,4-5,8-9,12,14,18H,6-7,10-11H2,2H3/t14-/m1/s1. The molecule has 6 heteroatoms. The number of nitrogens with zero attached hydrogens (tertiary/aromatic N) is 4. The molecule has 23 heavy (non-hydrogen) atoms. The van der Waals surface area contributed by atoms with Gasteiger partial charge in [-0.1, -0.05) is 17.6 Å². The first-order valence-electron chi connectivity index (χ1n) is 7.66. The number of aromatic nitrogens is 3. The number of terminal acetylenes is 1. The van der Waals surface area contributed by atoms with Crippen LogP contribution >= 0.6 is 0 Å². The summed E-state index contributed by atoms with van der Waals surface area (Å²) >= 11 is 0. The summed E-state index contributed by atoms with van der Waals surface area (Å²) in [7, 11) is 0. The summed E-state index contributed by atoms with van der Waals surface area (Å²) in [6.07, 6.45) is 9.58. The lowest BCUT2D eigenvalue weighted by Crippen LogP contribution is -2.41. The number of benzene rings is 1. The van der Waals surface area contributed by atoms with Crippen molar-refractivity contribution >= 4 is 5.91 Å². The van der Waals surface area contributed by atoms with E-state index in [0.717, 1.165) is 25.1 Å². The average Bonchev–Trinajstić information content (AvgIpc) is 2.98. The van der Waals surface area contributed by atoms with Crippen LogP contribution in [0.3, 0.4) is 0 Å². The molecular weight excluding hydrogens is 290 g/mol. The first-order valence-corrected chi connectivity index (χ1v) is 7.66. The van der Waals surface area contributed by atoms with E-state index in [2.05, 4.69) is 21.4 Å². The van der Waals surface area contributed by atoms with Crippen LogP contribution in [0.1, 0.15) is 22.3 Å². The smallest absolute Gasteiger partial charge is 0.257 e. The van der Waals surface area contributed by atoms with Crippen LogP contribution in [0.15, 0.2) is 30.6 Å². The lowest BCUT2D eigenvalue weighted by molar-refractivity contribution is 0.0729. The maximum Gasteiger partial charge on any atom is 0.257 e. The predicted molar refractivity (Wildman–Crippen MR) is 87.2 cm³/mol. The lowest BCUT2D eigenvalue weighted by Gasteiger charge is -2.26. The Kier molecular flexibility index (Phi) is 4.40. The van der Waals surface area contributed by atoms with Gasteiger partial charge in [0.15, 0.2) is 0 Å². The van der Waals surface area contributed by atoms with Crippen LogP contribution in [0.4, 0.5) is 0 Å². The van der Waals surface area contributed by atoms with Crippen LogP contribution in [-0.4, -0.2) is 51.5 Å². The zero-order valence-corrected chi connectivity index (χ0v) is 13.1. The fourth-order valence-electron chi connectivity index (χ4n) is 2.78. The van der Waals surface area contributed by atoms with Crippen molar-refractivity contribution in [2.75, 3.05) is 19.6 Å². The van der Waals surface area contributed by atoms with E-state index in [1.165, 1.54) is 4.80 Å². The average molecular weight is 309 g/mol. The number of hydrogen-bond acceptors (Lipinski definition) is 4. The summed E-state index contributed by atoms with van der Waals surface area (Å²) in [5.41, 5.74) is 2.25. The summed E-state index contributed by atoms with van der Waals surface area (Å²) in [6, 6.07) is 5.48. The highest BCUT2D eigenvalue weighted by molar-refractivity contribution is 5.98. The van der Waals surface area contributed by atoms with Gasteiger partial charge in [0, 0.05) is 13.1 Å². The fraction of sp³-hybridized carbons (Fsp3) is 0.353. The summed E-state index contributed by atoms with van der Waals surface area (Å²) in [4.78, 5) is 16.4. The minimum atomic E-state index is -0.198. The molecule has 0 radical (unpaired) electrons. The molecule has 0 saturated carbocycles. The predicted octanol–water partition coefficient (Wildman–Crippen LogP) is 1.01. The molecule has 3 rings (SSSR count). The van der Waals surface area contributed by atoms with E-state index in [4.69, 9.17) is 6.42 Å². The molecule has 1 aliphatic rings. The van der Waals surface area contributed by atoms with Crippen LogP contribution in [0.2, 0.25) is 0 Å². The second-order valence-corrected chi connectivity index (χ2v) is 5.56. The third-order valence-corrected chi connectivity index (χ3v) is 3.97. The van der Waals surface area contributed by atoms with Gasteiger partial charge in [0.05, 0.1) is 29.7 Å². The van der Waals surface area contributed by atoms with Gasteiger partial charge < -0.3 is 10.2 Å². The van der Waals surface area contributed by atoms with E-state index in [0.29, 0.717) is 17.8 Å². The lowest BCUT2D eigenvalue weighted by atomic mass is 10.1. The fourth-order valence-corrected chi connectivity index (χ4v) is 2.78. The molecule has 1 saturated heterocycles. The highest BCUT2D eigenvalue weighted by atomic mass is 16.2. The van der Waals surface area contributed by atoms with Gasteiger partial charge in [0.2, 0.25) is 0 Å². The summed E-state index contributed by atoms with van der Waals surface area (Å²) < 4.78 is 0. The Balaban J connectivity index is 2.01. The molecule has 0 spiro atoms.